The molecule has 1 aliphatic heterocycles. The molecule has 1 aliphatic carbocycles. The Morgan fingerprint density at radius 3 is 2.74 bits per heavy atom. The van der Waals surface area contributed by atoms with Gasteiger partial charge in [0.25, 0.3) is 0 Å². The fraction of sp³-hybridized carbons (Fsp3) is 0.536. The molecule has 2 aliphatic rings. The summed E-state index contributed by atoms with van der Waals surface area (Å²) in [7, 11) is 0. The number of aryl methyl sites for hydroxylation is 1. The topological polar surface area (TPSA) is 24.8 Å². The number of hydrogen-bond donors (Lipinski definition) is 0. The molecule has 0 aromatic heterocycles. The first kappa shape index (κ1) is 11.6. The minimum absolute atomic E-state index is 0.175. The SMILES string of the molecule is [2H]C1C([2H])([2H])N(Cc2ccc(/C(=N/OC([2H])([2H])c3ccc(C4([2H])CCCCC4)c(C(F)(F)F)c3)C([2H])([2H])[2H])cc2C([2H])([2H])C([2H])([2H])[2H])C1([2H])[2H]. The number of halogens is 3. The van der Waals surface area contributed by atoms with E-state index in [0.29, 0.717) is 23.8 Å². The highest BCUT2D eigenvalue weighted by atomic mass is 19.4. The molecule has 0 radical (unpaired) electrons. The van der Waals surface area contributed by atoms with Crippen LogP contribution in [0.3, 0.4) is 0 Å². The van der Waals surface area contributed by atoms with E-state index in [2.05, 4.69) is 5.16 Å². The highest BCUT2D eigenvalue weighted by molar-refractivity contribution is 5.98. The van der Waals surface area contributed by atoms with Crippen LogP contribution in [0.25, 0.3) is 0 Å². The van der Waals surface area contributed by atoms with Crippen LogP contribution in [0.15, 0.2) is 41.6 Å². The van der Waals surface area contributed by atoms with Crippen molar-refractivity contribution in [2.24, 2.45) is 5.16 Å². The minimum Gasteiger partial charge on any atom is -0.391 e. The van der Waals surface area contributed by atoms with Crippen LogP contribution in [0.1, 0.15) is 113 Å². The van der Waals surface area contributed by atoms with E-state index in [1.54, 1.807) is 0 Å². The van der Waals surface area contributed by atoms with E-state index in [1.165, 1.54) is 0 Å². The molecule has 0 unspecified atom stereocenters. The maximum absolute atomic E-state index is 14.2. The molecule has 2 fully saturated rings. The lowest BCUT2D eigenvalue weighted by Crippen LogP contribution is -2.36. The standard InChI is InChI=1S/C28H35F3N2O/c1-3-22-17-24(11-12-25(22)18-33-14-7-15-33)20(2)32-34-19-21-10-13-26(23-8-5-4-6-9-23)27(16-21)28(29,30)31/h10-13,16-17,23H,3-9,14-15,18-19H2,1-2H3/b32-20+/i1D3,2D3,3D2,7D,14D2,15D2,19D2,23D. The van der Waals surface area contributed by atoms with Crippen molar-refractivity contribution in [2.45, 2.75) is 83.8 Å². The molecular formula is C28H35F3N2O. The van der Waals surface area contributed by atoms with Crippen molar-refractivity contribution in [3.63, 3.8) is 0 Å². The molecule has 2 aromatic rings. The third kappa shape index (κ3) is 6.01. The van der Waals surface area contributed by atoms with Crippen LogP contribution < -0.4 is 0 Å². The average molecular weight is 489 g/mol. The lowest BCUT2D eigenvalue weighted by molar-refractivity contribution is -0.138. The fourth-order valence-corrected chi connectivity index (χ4v) is 3.97. The summed E-state index contributed by atoms with van der Waals surface area (Å²) in [5.41, 5.74) is -4.77. The van der Waals surface area contributed by atoms with E-state index >= 15 is 0 Å². The summed E-state index contributed by atoms with van der Waals surface area (Å²) in [6.07, 6.45) is -7.85. The molecule has 1 saturated carbocycles. The second-order valence-corrected chi connectivity index (χ2v) is 8.04. The maximum Gasteiger partial charge on any atom is 0.416 e. The summed E-state index contributed by atoms with van der Waals surface area (Å²) < 4.78 is 172. The molecule has 2 aromatic carbocycles. The van der Waals surface area contributed by atoms with Crippen molar-refractivity contribution >= 4 is 5.71 Å². The van der Waals surface area contributed by atoms with E-state index in [9.17, 15) is 13.2 Å². The van der Waals surface area contributed by atoms with Gasteiger partial charge in [-0.15, -0.1) is 0 Å². The smallest absolute Gasteiger partial charge is 0.391 e. The lowest BCUT2D eigenvalue weighted by Gasteiger charge is -2.31. The van der Waals surface area contributed by atoms with E-state index in [4.69, 9.17) is 26.8 Å². The third-order valence-electron chi connectivity index (χ3n) is 5.75. The molecule has 184 valence electrons. The Balaban J connectivity index is 1.78. The largest absolute Gasteiger partial charge is 0.416 e. The number of nitrogens with zero attached hydrogens (tertiary/aromatic N) is 2. The van der Waals surface area contributed by atoms with Gasteiger partial charge in [0.15, 0.2) is 0 Å². The monoisotopic (exact) mass is 488 g/mol. The Bertz CT molecular complexity index is 1600. The van der Waals surface area contributed by atoms with E-state index in [-0.39, 0.29) is 24.0 Å². The van der Waals surface area contributed by atoms with E-state index in [0.717, 1.165) is 36.8 Å². The van der Waals surface area contributed by atoms with Gasteiger partial charge in [0, 0.05) is 25.7 Å². The van der Waals surface area contributed by atoms with Crippen LogP contribution in [-0.4, -0.2) is 23.6 Å². The quantitative estimate of drug-likeness (QED) is 0.284. The molecule has 0 atom stereocenters. The van der Waals surface area contributed by atoms with Crippen molar-refractivity contribution in [1.82, 2.24) is 4.90 Å². The summed E-state index contributed by atoms with van der Waals surface area (Å²) in [6, 6.07) is 5.27. The summed E-state index contributed by atoms with van der Waals surface area (Å²) in [4.78, 5) is 5.51. The van der Waals surface area contributed by atoms with Gasteiger partial charge in [0.2, 0.25) is 0 Å². The number of hydrogen-bond acceptors (Lipinski definition) is 3. The predicted molar refractivity (Wildman–Crippen MR) is 130 cm³/mol. The van der Waals surface area contributed by atoms with Crippen molar-refractivity contribution in [3.05, 3.63) is 69.8 Å². The van der Waals surface area contributed by atoms with Gasteiger partial charge in [-0.3, -0.25) is 4.90 Å². The molecule has 0 bridgehead atoms. The van der Waals surface area contributed by atoms with Gasteiger partial charge >= 0.3 is 6.18 Å². The Morgan fingerprint density at radius 1 is 1.18 bits per heavy atom. The molecule has 6 heteroatoms. The second kappa shape index (κ2) is 10.9. The highest BCUT2D eigenvalue weighted by Gasteiger charge is 2.35. The van der Waals surface area contributed by atoms with Gasteiger partial charge in [-0.1, -0.05) is 55.5 Å². The van der Waals surface area contributed by atoms with Gasteiger partial charge in [0.1, 0.15) is 6.56 Å². The summed E-state index contributed by atoms with van der Waals surface area (Å²) in [5, 5.41) is 3.43. The van der Waals surface area contributed by atoms with Crippen LogP contribution in [0.5, 0.6) is 0 Å². The van der Waals surface area contributed by atoms with Crippen molar-refractivity contribution in [3.8, 4) is 0 Å². The first-order valence-corrected chi connectivity index (χ1v) is 10.8. The summed E-state index contributed by atoms with van der Waals surface area (Å²) >= 11 is 0. The van der Waals surface area contributed by atoms with Gasteiger partial charge in [-0.25, -0.2) is 0 Å². The molecule has 3 nitrogen and oxygen atoms in total. The first-order chi connectivity index (χ1) is 22.5. The average Bonchev–Trinajstić information content (AvgIpc) is 2.98. The number of rotatable bonds is 8. The van der Waals surface area contributed by atoms with Gasteiger partial charge < -0.3 is 4.84 Å². The van der Waals surface area contributed by atoms with Crippen molar-refractivity contribution in [2.75, 3.05) is 13.0 Å². The zero-order valence-corrected chi connectivity index (χ0v) is 18.2. The lowest BCUT2D eigenvalue weighted by atomic mass is 9.81. The van der Waals surface area contributed by atoms with E-state index < -0.39 is 92.6 Å². The van der Waals surface area contributed by atoms with Crippen LogP contribution in [0.2, 0.25) is 0 Å². The summed E-state index contributed by atoms with van der Waals surface area (Å²) in [6.45, 7) is -15.6. The Labute approximate surface area is 223 Å². The van der Waals surface area contributed by atoms with Gasteiger partial charge in [0.05, 0.1) is 14.0 Å². The minimum atomic E-state index is -4.98. The Hall–Kier alpha value is -2.34. The zero-order chi connectivity index (χ0) is 38.1. The molecule has 0 spiro atoms. The van der Waals surface area contributed by atoms with Crippen molar-refractivity contribution in [1.29, 1.82) is 0 Å². The van der Waals surface area contributed by atoms with Crippen LogP contribution in [0, 0.1) is 0 Å². The number of oxime groups is 1. The Morgan fingerprint density at radius 2 is 2.00 bits per heavy atom. The normalized spacial score (nSPS) is 31.1. The molecule has 0 amide bonds. The van der Waals surface area contributed by atoms with E-state index in [1.807, 2.05) is 0 Å². The fourth-order valence-electron chi connectivity index (χ4n) is 3.97. The molecule has 4 rings (SSSR count). The first-order valence-electron chi connectivity index (χ1n) is 18.9. The molecule has 1 heterocycles. The molecule has 1 saturated heterocycles. The number of alkyl halides is 3. The second-order valence-electron chi connectivity index (χ2n) is 8.04. The number of likely N-dealkylation sites (tertiary alicyclic amines) is 1. The molecule has 34 heavy (non-hydrogen) atoms. The third-order valence-corrected chi connectivity index (χ3v) is 5.75. The zero-order valence-electron chi connectivity index (χ0n) is 34.2. The van der Waals surface area contributed by atoms with Gasteiger partial charge in [-0.05, 0) is 91.3 Å². The maximum atomic E-state index is 14.2. The molecular weight excluding hydrogens is 437 g/mol. The molecule has 0 N–H and O–H groups in total. The van der Waals surface area contributed by atoms with Gasteiger partial charge in [-0.2, -0.15) is 13.2 Å². The van der Waals surface area contributed by atoms with Crippen LogP contribution in [-0.2, 0) is 30.5 Å². The predicted octanol–water partition coefficient (Wildman–Crippen LogP) is 7.46. The number of benzene rings is 2. The van der Waals surface area contributed by atoms with Crippen LogP contribution >= 0.6 is 0 Å². The van der Waals surface area contributed by atoms with Crippen LogP contribution in [0.4, 0.5) is 13.2 Å². The highest BCUT2D eigenvalue weighted by Crippen LogP contribution is 2.41. The summed E-state index contributed by atoms with van der Waals surface area (Å²) in [5.74, 6) is -1.55. The Kier molecular flexibility index (Phi) is 3.73. The van der Waals surface area contributed by atoms with Crippen molar-refractivity contribution < 1.29 is 39.9 Å².